The molecule has 2 aromatic carbocycles. The van der Waals surface area contributed by atoms with Crippen molar-refractivity contribution in [2.24, 2.45) is 0 Å². The van der Waals surface area contributed by atoms with Crippen LogP contribution in [0.25, 0.3) is 10.9 Å². The fraction of sp³-hybridized carbons (Fsp3) is 0.167. The Morgan fingerprint density at radius 1 is 1.11 bits per heavy atom. The van der Waals surface area contributed by atoms with E-state index in [2.05, 4.69) is 10.4 Å². The van der Waals surface area contributed by atoms with Gasteiger partial charge in [0, 0.05) is 11.8 Å². The molecule has 3 aromatic rings. The molecule has 1 heterocycles. The van der Waals surface area contributed by atoms with Crippen LogP contribution in [0.1, 0.15) is 6.42 Å². The molecule has 1 amide bonds. The number of rotatable bonds is 6. The molecule has 0 saturated heterocycles. The molecule has 3 rings (SSSR count). The lowest BCUT2D eigenvalue weighted by atomic mass is 10.2. The molecule has 10 heteroatoms. The Hall–Kier alpha value is -3.14. The summed E-state index contributed by atoms with van der Waals surface area (Å²) in [7, 11) is -4.85. The van der Waals surface area contributed by atoms with Crippen LogP contribution in [-0.4, -0.2) is 29.9 Å². The second-order valence-electron chi connectivity index (χ2n) is 5.85. The Labute approximate surface area is 158 Å². The molecular formula is C18H15F2N3O4S. The van der Waals surface area contributed by atoms with Gasteiger partial charge >= 0.3 is 5.76 Å². The number of carbonyl (C=O) groups excluding carboxylic acids is 1. The van der Waals surface area contributed by atoms with E-state index in [1.807, 2.05) is 0 Å². The van der Waals surface area contributed by atoms with Crippen LogP contribution >= 0.6 is 0 Å². The van der Waals surface area contributed by atoms with Crippen molar-refractivity contribution in [3.8, 4) is 0 Å². The highest BCUT2D eigenvalue weighted by molar-refractivity contribution is 7.91. The van der Waals surface area contributed by atoms with E-state index in [1.165, 1.54) is 22.9 Å². The van der Waals surface area contributed by atoms with Crippen LogP contribution in [-0.2, 0) is 21.2 Å². The predicted molar refractivity (Wildman–Crippen MR) is 98.9 cm³/mol. The van der Waals surface area contributed by atoms with Crippen LogP contribution in [0.2, 0.25) is 0 Å². The van der Waals surface area contributed by atoms with Gasteiger partial charge in [0.1, 0.15) is 0 Å². The Morgan fingerprint density at radius 3 is 2.54 bits per heavy atom. The van der Waals surface area contributed by atoms with Gasteiger partial charge in [-0.1, -0.05) is 24.3 Å². The number of carbonyl (C=O) groups is 1. The van der Waals surface area contributed by atoms with Gasteiger partial charge in [-0.05, 0) is 24.3 Å². The predicted octanol–water partition coefficient (Wildman–Crippen LogP) is 2.42. The van der Waals surface area contributed by atoms with Crippen molar-refractivity contribution in [3.63, 3.8) is 0 Å². The first kappa shape index (κ1) is 19.6. The van der Waals surface area contributed by atoms with Crippen molar-refractivity contribution in [2.45, 2.75) is 23.6 Å². The normalized spacial score (nSPS) is 11.7. The van der Waals surface area contributed by atoms with Gasteiger partial charge in [0.05, 0.1) is 28.8 Å². The highest BCUT2D eigenvalue weighted by Crippen LogP contribution is 2.26. The third kappa shape index (κ3) is 3.91. The Bertz CT molecular complexity index is 1190. The molecule has 0 aliphatic heterocycles. The smallest absolute Gasteiger partial charge is 0.325 e. The average molecular weight is 407 g/mol. The van der Waals surface area contributed by atoms with E-state index in [4.69, 9.17) is 0 Å². The molecule has 0 aliphatic rings. The summed E-state index contributed by atoms with van der Waals surface area (Å²) < 4.78 is 50.6. The zero-order chi connectivity index (χ0) is 20.3. The molecule has 0 bridgehead atoms. The van der Waals surface area contributed by atoms with E-state index in [0.717, 1.165) is 12.3 Å². The standard InChI is InChI=1S/C18H15F2N3O4S/c19-18(20)28(26,27)16-8-4-2-6-13(16)22-17(25)9-10-23-14-7-3-1-5-12(14)15(24)11-21-23/h1-8,11,18H,9-10H2,(H,22,25). The Balaban J connectivity index is 1.78. The summed E-state index contributed by atoms with van der Waals surface area (Å²) in [5.74, 6) is -4.18. The lowest BCUT2D eigenvalue weighted by Crippen LogP contribution is -2.20. The largest absolute Gasteiger partial charge is 0.341 e. The number of para-hydroxylation sites is 2. The molecule has 0 atom stereocenters. The van der Waals surface area contributed by atoms with Crippen LogP contribution < -0.4 is 10.7 Å². The highest BCUT2D eigenvalue weighted by atomic mass is 32.2. The zero-order valence-electron chi connectivity index (χ0n) is 14.4. The van der Waals surface area contributed by atoms with Crippen LogP contribution in [0.15, 0.2) is 64.4 Å². The lowest BCUT2D eigenvalue weighted by Gasteiger charge is -2.12. The number of aryl methyl sites for hydroxylation is 1. The molecule has 1 aromatic heterocycles. The van der Waals surface area contributed by atoms with Crippen LogP contribution in [0.3, 0.4) is 0 Å². The van der Waals surface area contributed by atoms with Crippen LogP contribution in [0.5, 0.6) is 0 Å². The Morgan fingerprint density at radius 2 is 1.79 bits per heavy atom. The third-order valence-electron chi connectivity index (χ3n) is 4.01. The van der Waals surface area contributed by atoms with Crippen LogP contribution in [0.4, 0.5) is 14.5 Å². The summed E-state index contributed by atoms with van der Waals surface area (Å²) in [6.45, 7) is 0.108. The maximum absolute atomic E-state index is 12.8. The molecular weight excluding hydrogens is 392 g/mol. The zero-order valence-corrected chi connectivity index (χ0v) is 15.2. The highest BCUT2D eigenvalue weighted by Gasteiger charge is 2.29. The number of halogens is 2. The molecule has 28 heavy (non-hydrogen) atoms. The van der Waals surface area contributed by atoms with Crippen LogP contribution in [0, 0.1) is 0 Å². The van der Waals surface area contributed by atoms with Gasteiger partial charge in [0.25, 0.3) is 0 Å². The van der Waals surface area contributed by atoms with E-state index in [1.54, 1.807) is 24.3 Å². The summed E-state index contributed by atoms with van der Waals surface area (Å²) in [5, 5.41) is 6.79. The van der Waals surface area contributed by atoms with Gasteiger partial charge in [-0.25, -0.2) is 8.42 Å². The summed E-state index contributed by atoms with van der Waals surface area (Å²) in [5.41, 5.74) is 0.0800. The second-order valence-corrected chi connectivity index (χ2v) is 7.74. The fourth-order valence-corrected chi connectivity index (χ4v) is 3.56. The first-order chi connectivity index (χ1) is 13.3. The number of sulfone groups is 1. The number of amides is 1. The summed E-state index contributed by atoms with van der Waals surface area (Å²) in [4.78, 5) is 23.4. The lowest BCUT2D eigenvalue weighted by molar-refractivity contribution is -0.116. The summed E-state index contributed by atoms with van der Waals surface area (Å²) in [6, 6.07) is 11.7. The monoisotopic (exact) mass is 407 g/mol. The molecule has 0 fully saturated rings. The van der Waals surface area contributed by atoms with Gasteiger partial charge in [-0.2, -0.15) is 13.9 Å². The maximum atomic E-state index is 12.8. The van der Waals surface area contributed by atoms with E-state index in [0.29, 0.717) is 10.9 Å². The molecule has 146 valence electrons. The average Bonchev–Trinajstić information content (AvgIpc) is 2.68. The minimum absolute atomic E-state index is 0.108. The molecule has 0 aliphatic carbocycles. The summed E-state index contributed by atoms with van der Waals surface area (Å²) >= 11 is 0. The van der Waals surface area contributed by atoms with Crippen molar-refractivity contribution in [1.82, 2.24) is 9.78 Å². The van der Waals surface area contributed by atoms with Crippen molar-refractivity contribution in [3.05, 3.63) is 65.0 Å². The number of alkyl halides is 2. The van der Waals surface area contributed by atoms with Gasteiger partial charge in [-0.3, -0.25) is 14.3 Å². The molecule has 0 unspecified atom stereocenters. The topological polar surface area (TPSA) is 98.1 Å². The number of anilines is 1. The quantitative estimate of drug-likeness (QED) is 0.677. The van der Waals surface area contributed by atoms with E-state index >= 15 is 0 Å². The van der Waals surface area contributed by atoms with Gasteiger partial charge in [0.2, 0.25) is 21.2 Å². The fourth-order valence-electron chi connectivity index (χ4n) is 2.67. The minimum Gasteiger partial charge on any atom is -0.325 e. The summed E-state index contributed by atoms with van der Waals surface area (Å²) in [6.07, 6.45) is 1.04. The van der Waals surface area contributed by atoms with Crippen molar-refractivity contribution in [2.75, 3.05) is 5.32 Å². The molecule has 0 saturated carbocycles. The Kier molecular flexibility index (Phi) is 5.50. The number of nitrogens with one attached hydrogen (secondary N) is 1. The second kappa shape index (κ2) is 7.85. The number of nitrogens with zero attached hydrogens (tertiary/aromatic N) is 2. The maximum Gasteiger partial charge on any atom is 0.341 e. The van der Waals surface area contributed by atoms with Gasteiger partial charge in [-0.15, -0.1) is 0 Å². The molecule has 7 nitrogen and oxygen atoms in total. The number of benzene rings is 2. The number of hydrogen-bond donors (Lipinski definition) is 1. The van der Waals surface area contributed by atoms with E-state index < -0.39 is 26.4 Å². The third-order valence-corrected chi connectivity index (χ3v) is 5.45. The molecule has 1 N–H and O–H groups in total. The number of aromatic nitrogens is 2. The minimum atomic E-state index is -4.85. The first-order valence-electron chi connectivity index (χ1n) is 8.16. The van der Waals surface area contributed by atoms with Gasteiger partial charge < -0.3 is 5.32 Å². The first-order valence-corrected chi connectivity index (χ1v) is 9.71. The number of hydrogen-bond acceptors (Lipinski definition) is 5. The molecule has 0 radical (unpaired) electrons. The number of fused-ring (bicyclic) bond motifs is 1. The van der Waals surface area contributed by atoms with E-state index in [9.17, 15) is 26.8 Å². The van der Waals surface area contributed by atoms with Crippen molar-refractivity contribution in [1.29, 1.82) is 0 Å². The molecule has 0 spiro atoms. The van der Waals surface area contributed by atoms with Crippen molar-refractivity contribution < 1.29 is 22.0 Å². The van der Waals surface area contributed by atoms with Crippen molar-refractivity contribution >= 4 is 32.3 Å². The van der Waals surface area contributed by atoms with E-state index in [-0.39, 0.29) is 24.1 Å². The van der Waals surface area contributed by atoms with Gasteiger partial charge in [0.15, 0.2) is 0 Å². The SMILES string of the molecule is O=C(CCn1ncc(=O)c2ccccc21)Nc1ccccc1S(=O)(=O)C(F)F.